The molecule has 2 atom stereocenters. The molecule has 0 saturated heterocycles. The van der Waals surface area contributed by atoms with E-state index in [4.69, 9.17) is 4.52 Å². The third-order valence-corrected chi connectivity index (χ3v) is 5.79. The SMILES string of the molecule is [CH2]C(CC)(OP(=O)(O)Cc1ccccc1)c1cccc2ccccc12. The fraction of sp³-hybridized carbons (Fsp3) is 0.190. The molecule has 0 saturated carbocycles. The fourth-order valence-corrected chi connectivity index (χ4v) is 4.56. The molecule has 0 heterocycles. The van der Waals surface area contributed by atoms with Crippen molar-refractivity contribution < 1.29 is 14.0 Å². The van der Waals surface area contributed by atoms with Gasteiger partial charge in [-0.2, -0.15) is 0 Å². The topological polar surface area (TPSA) is 46.5 Å². The number of hydrogen-bond acceptors (Lipinski definition) is 2. The smallest absolute Gasteiger partial charge is 0.324 e. The molecule has 0 aromatic heterocycles. The Hall–Kier alpha value is -1.93. The van der Waals surface area contributed by atoms with Gasteiger partial charge in [0.2, 0.25) is 0 Å². The molecule has 0 bridgehead atoms. The lowest BCUT2D eigenvalue weighted by molar-refractivity contribution is 0.0946. The summed E-state index contributed by atoms with van der Waals surface area (Å²) in [5.41, 5.74) is 0.514. The maximum absolute atomic E-state index is 12.8. The molecule has 2 unspecified atom stereocenters. The van der Waals surface area contributed by atoms with E-state index < -0.39 is 13.2 Å². The first kappa shape index (κ1) is 17.9. The molecule has 1 N–H and O–H groups in total. The standard InChI is InChI=1S/C21H22O3P/c1-3-21(2,20-15-9-13-18-12-7-8-14-19(18)20)24-25(22,23)16-17-10-5-4-6-11-17/h4-15H,2-3,16H2,1H3,(H,22,23). The first-order valence-electron chi connectivity index (χ1n) is 8.34. The van der Waals surface area contributed by atoms with Crippen molar-refractivity contribution in [2.45, 2.75) is 25.1 Å². The summed E-state index contributed by atoms with van der Waals surface area (Å²) in [5, 5.41) is 2.04. The second-order valence-electron chi connectivity index (χ2n) is 6.25. The molecule has 0 fully saturated rings. The molecule has 3 aromatic rings. The van der Waals surface area contributed by atoms with Gasteiger partial charge in [-0.15, -0.1) is 0 Å². The van der Waals surface area contributed by atoms with Crippen molar-refractivity contribution in [3.8, 4) is 0 Å². The second-order valence-corrected chi connectivity index (χ2v) is 8.02. The molecule has 3 aromatic carbocycles. The van der Waals surface area contributed by atoms with Crippen LogP contribution in [0.15, 0.2) is 72.8 Å². The monoisotopic (exact) mass is 353 g/mol. The number of fused-ring (bicyclic) bond motifs is 1. The van der Waals surface area contributed by atoms with Gasteiger partial charge in [0.1, 0.15) is 5.60 Å². The average Bonchev–Trinajstić information content (AvgIpc) is 2.61. The summed E-state index contributed by atoms with van der Waals surface area (Å²) in [5.74, 6) is 0. The van der Waals surface area contributed by atoms with Gasteiger partial charge in [0.25, 0.3) is 0 Å². The Morgan fingerprint density at radius 1 is 1.00 bits per heavy atom. The Morgan fingerprint density at radius 3 is 2.36 bits per heavy atom. The molecule has 0 amide bonds. The van der Waals surface area contributed by atoms with E-state index in [-0.39, 0.29) is 6.16 Å². The van der Waals surface area contributed by atoms with Gasteiger partial charge in [-0.3, -0.25) is 9.09 Å². The highest BCUT2D eigenvalue weighted by atomic mass is 31.2. The molecule has 3 nitrogen and oxygen atoms in total. The molecule has 0 aliphatic carbocycles. The van der Waals surface area contributed by atoms with Crippen LogP contribution in [0.3, 0.4) is 0 Å². The van der Waals surface area contributed by atoms with Crippen molar-refractivity contribution in [2.24, 2.45) is 0 Å². The highest BCUT2D eigenvalue weighted by Crippen LogP contribution is 2.53. The van der Waals surface area contributed by atoms with Gasteiger partial charge in [0, 0.05) is 0 Å². The van der Waals surface area contributed by atoms with E-state index in [1.165, 1.54) is 0 Å². The summed E-state index contributed by atoms with van der Waals surface area (Å²) in [6.07, 6.45) is 0.455. The number of rotatable bonds is 6. The Kier molecular flexibility index (Phi) is 5.10. The molecule has 3 rings (SSSR count). The lowest BCUT2D eigenvalue weighted by Crippen LogP contribution is -2.25. The second kappa shape index (κ2) is 7.13. The highest BCUT2D eigenvalue weighted by molar-refractivity contribution is 7.52. The Bertz CT molecular complexity index is 902. The zero-order valence-electron chi connectivity index (χ0n) is 14.3. The van der Waals surface area contributed by atoms with Crippen LogP contribution in [0.25, 0.3) is 10.8 Å². The van der Waals surface area contributed by atoms with Gasteiger partial charge < -0.3 is 4.89 Å². The van der Waals surface area contributed by atoms with E-state index in [0.29, 0.717) is 6.42 Å². The maximum Gasteiger partial charge on any atom is 0.333 e. The van der Waals surface area contributed by atoms with Gasteiger partial charge in [-0.25, -0.2) is 0 Å². The molecule has 0 aliphatic heterocycles. The largest absolute Gasteiger partial charge is 0.333 e. The molecular formula is C21H22O3P. The zero-order chi connectivity index (χ0) is 17.9. The molecule has 25 heavy (non-hydrogen) atoms. The lowest BCUT2D eigenvalue weighted by atomic mass is 9.89. The normalized spacial score (nSPS) is 16.3. The van der Waals surface area contributed by atoms with Crippen molar-refractivity contribution in [1.29, 1.82) is 0 Å². The van der Waals surface area contributed by atoms with Crippen molar-refractivity contribution in [3.05, 3.63) is 90.8 Å². The molecule has 0 aliphatic rings. The summed E-state index contributed by atoms with van der Waals surface area (Å²) < 4.78 is 18.5. The highest BCUT2D eigenvalue weighted by Gasteiger charge is 2.35. The number of hydrogen-bond donors (Lipinski definition) is 1. The third kappa shape index (κ3) is 4.01. The van der Waals surface area contributed by atoms with Crippen LogP contribution in [0.2, 0.25) is 0 Å². The van der Waals surface area contributed by atoms with Gasteiger partial charge in [0.15, 0.2) is 0 Å². The van der Waals surface area contributed by atoms with Crippen LogP contribution in [0.5, 0.6) is 0 Å². The van der Waals surface area contributed by atoms with E-state index in [1.807, 2.05) is 79.7 Å². The zero-order valence-corrected chi connectivity index (χ0v) is 15.2. The molecule has 129 valence electrons. The van der Waals surface area contributed by atoms with E-state index in [0.717, 1.165) is 21.9 Å². The summed E-state index contributed by atoms with van der Waals surface area (Å²) in [6, 6.07) is 23.0. The first-order valence-corrected chi connectivity index (χ1v) is 10.1. The van der Waals surface area contributed by atoms with Gasteiger partial charge in [0.05, 0.1) is 6.16 Å². The first-order chi connectivity index (χ1) is 11.9. The molecule has 0 spiro atoms. The Morgan fingerprint density at radius 2 is 1.64 bits per heavy atom. The van der Waals surface area contributed by atoms with E-state index in [1.54, 1.807) is 0 Å². The van der Waals surface area contributed by atoms with Crippen molar-refractivity contribution in [1.82, 2.24) is 0 Å². The van der Waals surface area contributed by atoms with Crippen LogP contribution in [0, 0.1) is 6.92 Å². The van der Waals surface area contributed by atoms with E-state index in [2.05, 4.69) is 6.92 Å². The molecule has 4 heteroatoms. The summed E-state index contributed by atoms with van der Waals surface area (Å²) in [6.45, 7) is 6.09. The van der Waals surface area contributed by atoms with Crippen LogP contribution in [0.1, 0.15) is 24.5 Å². The van der Waals surface area contributed by atoms with E-state index in [9.17, 15) is 9.46 Å². The predicted octanol–water partition coefficient (Wildman–Crippen LogP) is 5.68. The third-order valence-electron chi connectivity index (χ3n) is 4.39. The van der Waals surface area contributed by atoms with E-state index >= 15 is 0 Å². The summed E-state index contributed by atoms with van der Waals surface area (Å²) in [4.78, 5) is 10.5. The van der Waals surface area contributed by atoms with Gasteiger partial charge >= 0.3 is 7.60 Å². The number of benzene rings is 3. The summed E-state index contributed by atoms with van der Waals surface area (Å²) in [7, 11) is -3.86. The minimum atomic E-state index is -3.86. The quantitative estimate of drug-likeness (QED) is 0.580. The van der Waals surface area contributed by atoms with Crippen molar-refractivity contribution in [3.63, 3.8) is 0 Å². The Labute approximate surface area is 148 Å². The molecular weight excluding hydrogens is 331 g/mol. The Balaban J connectivity index is 1.96. The summed E-state index contributed by atoms with van der Waals surface area (Å²) >= 11 is 0. The fourth-order valence-electron chi connectivity index (χ4n) is 3.05. The lowest BCUT2D eigenvalue weighted by Gasteiger charge is -2.32. The predicted molar refractivity (Wildman–Crippen MR) is 102 cm³/mol. The van der Waals surface area contributed by atoms with Crippen molar-refractivity contribution in [2.75, 3.05) is 0 Å². The van der Waals surface area contributed by atoms with Gasteiger partial charge in [-0.05, 0) is 35.2 Å². The maximum atomic E-state index is 12.8. The minimum absolute atomic E-state index is 0.0319. The van der Waals surface area contributed by atoms with Crippen LogP contribution in [-0.4, -0.2) is 4.89 Å². The van der Waals surface area contributed by atoms with Crippen molar-refractivity contribution >= 4 is 18.4 Å². The van der Waals surface area contributed by atoms with Gasteiger partial charge in [-0.1, -0.05) is 79.7 Å². The van der Waals surface area contributed by atoms with Crippen LogP contribution in [-0.2, 0) is 20.9 Å². The van der Waals surface area contributed by atoms with Crippen LogP contribution >= 0.6 is 7.60 Å². The average molecular weight is 353 g/mol. The van der Waals surface area contributed by atoms with Crippen LogP contribution < -0.4 is 0 Å². The molecule has 1 radical (unpaired) electrons. The van der Waals surface area contributed by atoms with Crippen LogP contribution in [0.4, 0.5) is 0 Å². The minimum Gasteiger partial charge on any atom is -0.324 e.